The molecule has 2 aliphatic heterocycles. The number of hydrogen-bond donors (Lipinski definition) is 3. The molecule has 0 unspecified atom stereocenters. The first-order valence-electron chi connectivity index (χ1n) is 8.09. The summed E-state index contributed by atoms with van der Waals surface area (Å²) >= 11 is 0. The summed E-state index contributed by atoms with van der Waals surface area (Å²) in [6.07, 6.45) is -0.0275. The summed E-state index contributed by atoms with van der Waals surface area (Å²) in [5.74, 6) is -0.240. The van der Waals surface area contributed by atoms with Gasteiger partial charge < -0.3 is 25.4 Å². The van der Waals surface area contributed by atoms with Crippen molar-refractivity contribution in [1.82, 2.24) is 5.32 Å². The van der Waals surface area contributed by atoms with Crippen molar-refractivity contribution < 1.29 is 19.4 Å². The predicted octanol–water partition coefficient (Wildman–Crippen LogP) is 1.26. The minimum Gasteiger partial charge on any atom is -0.444 e. The number of alkyl carbamates (subject to hydrolysis) is 1. The van der Waals surface area contributed by atoms with E-state index in [-0.39, 0.29) is 25.1 Å². The number of aliphatic hydroxyl groups is 1. The number of ether oxygens (including phenoxy) is 1. The number of benzene rings is 1. The second kappa shape index (κ2) is 5.98. The van der Waals surface area contributed by atoms with Crippen LogP contribution >= 0.6 is 0 Å². The highest BCUT2D eigenvalue weighted by molar-refractivity contribution is 6.05. The zero-order valence-electron chi connectivity index (χ0n) is 14.1. The minimum absolute atomic E-state index is 0.126. The molecule has 3 N–H and O–H groups in total. The first-order chi connectivity index (χ1) is 11.3. The first-order valence-corrected chi connectivity index (χ1v) is 8.09. The summed E-state index contributed by atoms with van der Waals surface area (Å²) in [6.45, 7) is 5.45. The Labute approximate surface area is 141 Å². The maximum atomic E-state index is 12.9. The van der Waals surface area contributed by atoms with Crippen molar-refractivity contribution in [1.29, 1.82) is 0 Å². The third-order valence-electron chi connectivity index (χ3n) is 4.12. The molecule has 1 aromatic rings. The Morgan fingerprint density at radius 2 is 2.21 bits per heavy atom. The Balaban J connectivity index is 1.85. The lowest BCUT2D eigenvalue weighted by atomic mass is 10.1. The van der Waals surface area contributed by atoms with Gasteiger partial charge in [0, 0.05) is 6.54 Å². The third-order valence-corrected chi connectivity index (χ3v) is 4.12. The topological polar surface area (TPSA) is 90.9 Å². The molecule has 0 saturated carbocycles. The van der Waals surface area contributed by atoms with E-state index in [9.17, 15) is 14.7 Å². The number of para-hydroxylation sites is 1. The van der Waals surface area contributed by atoms with Gasteiger partial charge in [-0.3, -0.25) is 4.79 Å². The van der Waals surface area contributed by atoms with E-state index in [2.05, 4.69) is 10.6 Å². The summed E-state index contributed by atoms with van der Waals surface area (Å²) in [5, 5.41) is 15.5. The maximum Gasteiger partial charge on any atom is 0.408 e. The van der Waals surface area contributed by atoms with Gasteiger partial charge in [0.2, 0.25) is 0 Å². The molecule has 2 amide bonds. The number of amides is 2. The normalized spacial score (nSPS) is 22.5. The minimum atomic E-state index is -0.757. The Kier molecular flexibility index (Phi) is 4.13. The molecule has 3 rings (SSSR count). The molecule has 0 spiro atoms. The van der Waals surface area contributed by atoms with Crippen LogP contribution in [-0.2, 0) is 16.0 Å². The lowest BCUT2D eigenvalue weighted by molar-refractivity contribution is -0.120. The van der Waals surface area contributed by atoms with E-state index < -0.39 is 17.7 Å². The lowest BCUT2D eigenvalue weighted by Crippen LogP contribution is -2.53. The highest BCUT2D eigenvalue weighted by Crippen LogP contribution is 2.40. The Morgan fingerprint density at radius 3 is 2.88 bits per heavy atom. The Bertz CT molecular complexity index is 668. The molecular weight excluding hydrogens is 310 g/mol. The molecule has 130 valence electrons. The number of carbonyl (C=O) groups excluding carboxylic acids is 2. The summed E-state index contributed by atoms with van der Waals surface area (Å²) in [6, 6.07) is 4.71. The molecule has 0 fully saturated rings. The van der Waals surface area contributed by atoms with Crippen molar-refractivity contribution in [3.8, 4) is 0 Å². The van der Waals surface area contributed by atoms with Crippen molar-refractivity contribution in [3.63, 3.8) is 0 Å². The molecule has 0 aliphatic carbocycles. The van der Waals surface area contributed by atoms with Gasteiger partial charge in [-0.05, 0) is 38.8 Å². The quantitative estimate of drug-likeness (QED) is 0.758. The maximum absolute atomic E-state index is 12.9. The van der Waals surface area contributed by atoms with Gasteiger partial charge >= 0.3 is 6.09 Å². The van der Waals surface area contributed by atoms with Crippen LogP contribution in [0.5, 0.6) is 0 Å². The van der Waals surface area contributed by atoms with E-state index in [1.807, 2.05) is 18.2 Å². The number of nitrogens with one attached hydrogen (secondary N) is 2. The molecule has 7 nitrogen and oxygen atoms in total. The van der Waals surface area contributed by atoms with Crippen molar-refractivity contribution in [2.24, 2.45) is 0 Å². The van der Waals surface area contributed by atoms with E-state index in [4.69, 9.17) is 4.74 Å². The fraction of sp³-hybridized carbons (Fsp3) is 0.529. The van der Waals surface area contributed by atoms with Crippen LogP contribution in [0.1, 0.15) is 26.3 Å². The monoisotopic (exact) mass is 333 g/mol. The van der Waals surface area contributed by atoms with E-state index in [1.54, 1.807) is 25.7 Å². The molecule has 24 heavy (non-hydrogen) atoms. The van der Waals surface area contributed by atoms with Crippen LogP contribution in [0.15, 0.2) is 18.2 Å². The number of aliphatic hydroxyl groups excluding tert-OH is 1. The Morgan fingerprint density at radius 1 is 1.46 bits per heavy atom. The van der Waals surface area contributed by atoms with E-state index in [0.717, 1.165) is 16.9 Å². The van der Waals surface area contributed by atoms with Gasteiger partial charge in [0.25, 0.3) is 5.91 Å². The fourth-order valence-electron chi connectivity index (χ4n) is 3.18. The van der Waals surface area contributed by atoms with Crippen LogP contribution in [0.3, 0.4) is 0 Å². The van der Waals surface area contributed by atoms with Gasteiger partial charge in [0.15, 0.2) is 0 Å². The molecule has 2 aliphatic rings. The van der Waals surface area contributed by atoms with E-state index in [0.29, 0.717) is 6.42 Å². The van der Waals surface area contributed by atoms with Crippen LogP contribution in [-0.4, -0.2) is 47.9 Å². The van der Waals surface area contributed by atoms with Gasteiger partial charge in [0.1, 0.15) is 11.6 Å². The predicted molar refractivity (Wildman–Crippen MR) is 90.2 cm³/mol. The third kappa shape index (κ3) is 3.03. The Hall–Kier alpha value is -2.28. The lowest BCUT2D eigenvalue weighted by Gasteiger charge is -2.27. The molecule has 1 aromatic carbocycles. The average molecular weight is 333 g/mol. The number of carbonyl (C=O) groups is 2. The smallest absolute Gasteiger partial charge is 0.408 e. The molecule has 2 atom stereocenters. The second-order valence-corrected chi connectivity index (χ2v) is 7.14. The summed E-state index contributed by atoms with van der Waals surface area (Å²) in [5.41, 5.74) is 2.02. The molecular formula is C17H23N3O4. The molecule has 0 radical (unpaired) electrons. The molecule has 2 heterocycles. The standard InChI is InChI=1S/C17H23N3O4/c1-17(2,3)24-16(23)19-13-8-18-12-6-4-5-10-7-11(9-21)20(14(10)12)15(13)22/h4-6,11,13,18,21H,7-9H2,1-3H3,(H,19,23)/t11-,13-/m0/s1. The molecule has 0 aromatic heterocycles. The summed E-state index contributed by atoms with van der Waals surface area (Å²) in [4.78, 5) is 26.6. The van der Waals surface area contributed by atoms with Crippen molar-refractivity contribution in [2.75, 3.05) is 23.4 Å². The van der Waals surface area contributed by atoms with Crippen LogP contribution in [0.2, 0.25) is 0 Å². The highest BCUT2D eigenvalue weighted by Gasteiger charge is 2.41. The number of hydrogen-bond acceptors (Lipinski definition) is 5. The van der Waals surface area contributed by atoms with Crippen molar-refractivity contribution in [3.05, 3.63) is 23.8 Å². The van der Waals surface area contributed by atoms with Crippen LogP contribution in [0.25, 0.3) is 0 Å². The molecule has 0 bridgehead atoms. The second-order valence-electron chi connectivity index (χ2n) is 7.14. The first kappa shape index (κ1) is 16.6. The fourth-order valence-corrected chi connectivity index (χ4v) is 3.18. The van der Waals surface area contributed by atoms with E-state index in [1.165, 1.54) is 0 Å². The molecule has 7 heteroatoms. The number of nitrogens with zero attached hydrogens (tertiary/aromatic N) is 1. The highest BCUT2D eigenvalue weighted by atomic mass is 16.6. The van der Waals surface area contributed by atoms with E-state index >= 15 is 0 Å². The summed E-state index contributed by atoms with van der Waals surface area (Å²) < 4.78 is 5.24. The van der Waals surface area contributed by atoms with Crippen molar-refractivity contribution in [2.45, 2.75) is 44.9 Å². The SMILES string of the molecule is CC(C)(C)OC(=O)N[C@H]1CNc2cccc3c2N(C1=O)[C@H](CO)C3. The van der Waals surface area contributed by atoms with Gasteiger partial charge in [-0.2, -0.15) is 0 Å². The van der Waals surface area contributed by atoms with Crippen LogP contribution in [0.4, 0.5) is 16.2 Å². The van der Waals surface area contributed by atoms with Gasteiger partial charge in [-0.25, -0.2) is 4.79 Å². The number of anilines is 2. The summed E-state index contributed by atoms with van der Waals surface area (Å²) in [7, 11) is 0. The van der Waals surface area contributed by atoms with Crippen LogP contribution in [0, 0.1) is 0 Å². The van der Waals surface area contributed by atoms with Gasteiger partial charge in [-0.1, -0.05) is 12.1 Å². The zero-order chi connectivity index (χ0) is 17.5. The van der Waals surface area contributed by atoms with Crippen LogP contribution < -0.4 is 15.5 Å². The largest absolute Gasteiger partial charge is 0.444 e. The van der Waals surface area contributed by atoms with Crippen molar-refractivity contribution >= 4 is 23.4 Å². The number of rotatable bonds is 2. The van der Waals surface area contributed by atoms with Gasteiger partial charge in [-0.15, -0.1) is 0 Å². The molecule has 0 saturated heterocycles. The van der Waals surface area contributed by atoms with Gasteiger partial charge in [0.05, 0.1) is 24.0 Å². The zero-order valence-corrected chi connectivity index (χ0v) is 14.1. The average Bonchev–Trinajstić information content (AvgIpc) is 2.81.